The van der Waals surface area contributed by atoms with Gasteiger partial charge in [0.05, 0.1) is 12.7 Å². The Morgan fingerprint density at radius 1 is 1.21 bits per heavy atom. The second kappa shape index (κ2) is 10.4. The number of carbonyl (C=O) groups excluding carboxylic acids is 2. The van der Waals surface area contributed by atoms with Crippen molar-refractivity contribution in [1.82, 2.24) is 4.90 Å². The van der Waals surface area contributed by atoms with Crippen molar-refractivity contribution in [1.29, 1.82) is 0 Å². The van der Waals surface area contributed by atoms with Crippen LogP contribution in [0.3, 0.4) is 0 Å². The molecule has 3 rings (SSSR count). The molecule has 0 spiro atoms. The summed E-state index contributed by atoms with van der Waals surface area (Å²) < 4.78 is 5.21. The lowest BCUT2D eigenvalue weighted by Crippen LogP contribution is -2.36. The topological polar surface area (TPSA) is 84.7 Å². The Balaban J connectivity index is 1.34. The maximum atomic E-state index is 12.2. The average molecular weight is 416 g/mol. The van der Waals surface area contributed by atoms with Crippen LogP contribution < -0.4 is 15.8 Å². The van der Waals surface area contributed by atoms with Gasteiger partial charge in [-0.15, -0.1) is 11.3 Å². The van der Waals surface area contributed by atoms with E-state index in [1.165, 1.54) is 36.2 Å². The largest absolute Gasteiger partial charge is 0.497 e. The van der Waals surface area contributed by atoms with E-state index in [2.05, 4.69) is 22.3 Å². The second-order valence-corrected chi connectivity index (χ2v) is 8.41. The number of carbonyl (C=O) groups is 2. The lowest BCUT2D eigenvalue weighted by Gasteiger charge is -2.31. The van der Waals surface area contributed by atoms with E-state index in [1.807, 2.05) is 12.1 Å². The molecule has 6 nitrogen and oxygen atoms in total. The van der Waals surface area contributed by atoms with Gasteiger partial charge in [0.1, 0.15) is 10.8 Å². The second-order valence-electron chi connectivity index (χ2n) is 7.50. The summed E-state index contributed by atoms with van der Waals surface area (Å²) in [6.45, 7) is 2.81. The lowest BCUT2D eigenvalue weighted by molar-refractivity contribution is -0.116. The first-order valence-electron chi connectivity index (χ1n) is 10.1. The molecule has 3 N–H and O–H groups in total. The van der Waals surface area contributed by atoms with Crippen molar-refractivity contribution < 1.29 is 14.3 Å². The minimum absolute atomic E-state index is 0.0726. The van der Waals surface area contributed by atoms with Crippen molar-refractivity contribution in [3.8, 4) is 5.75 Å². The van der Waals surface area contributed by atoms with E-state index in [1.54, 1.807) is 18.6 Å². The molecule has 0 radical (unpaired) electrons. The molecule has 2 heterocycles. The first kappa shape index (κ1) is 21.3. The molecule has 1 fully saturated rings. The molecule has 1 aliphatic rings. The molecular weight excluding hydrogens is 386 g/mol. The smallest absolute Gasteiger partial charge is 0.251 e. The van der Waals surface area contributed by atoms with Crippen molar-refractivity contribution >= 4 is 28.2 Å². The SMILES string of the molecule is COc1ccc(CCC2CCN(CCC(=O)Nc3sccc3C(N)=O)CC2)cc1. The van der Waals surface area contributed by atoms with Gasteiger partial charge in [0, 0.05) is 13.0 Å². The maximum Gasteiger partial charge on any atom is 0.251 e. The summed E-state index contributed by atoms with van der Waals surface area (Å²) >= 11 is 1.32. The number of nitrogens with zero attached hydrogens (tertiary/aromatic N) is 1. The number of likely N-dealkylation sites (tertiary alicyclic amines) is 1. The molecule has 29 heavy (non-hydrogen) atoms. The average Bonchev–Trinajstić information content (AvgIpc) is 3.20. The van der Waals surface area contributed by atoms with Crippen LogP contribution >= 0.6 is 11.3 Å². The fourth-order valence-corrected chi connectivity index (χ4v) is 4.52. The third-order valence-corrected chi connectivity index (χ3v) is 6.38. The third-order valence-electron chi connectivity index (χ3n) is 5.55. The number of nitrogens with two attached hydrogens (primary N) is 1. The number of ether oxygens (including phenoxy) is 1. The van der Waals surface area contributed by atoms with Crippen LogP contribution in [0.2, 0.25) is 0 Å². The fraction of sp³-hybridized carbons (Fsp3) is 0.455. The summed E-state index contributed by atoms with van der Waals surface area (Å²) in [6, 6.07) is 9.96. The number of methoxy groups -OCH3 is 1. The van der Waals surface area contributed by atoms with Crippen molar-refractivity contribution in [3.63, 3.8) is 0 Å². The van der Waals surface area contributed by atoms with Crippen LogP contribution in [0.4, 0.5) is 5.00 Å². The highest BCUT2D eigenvalue weighted by Crippen LogP contribution is 2.24. The number of thiophene rings is 1. The standard InChI is InChI=1S/C22H29N3O3S/c1-28-18-6-4-16(5-7-18)2-3-17-8-12-25(13-9-17)14-10-20(26)24-22-19(21(23)27)11-15-29-22/h4-7,11,15,17H,2-3,8-10,12-14H2,1H3,(H2,23,27)(H,24,26). The van der Waals surface area contributed by atoms with E-state index in [9.17, 15) is 9.59 Å². The zero-order valence-electron chi connectivity index (χ0n) is 16.9. The van der Waals surface area contributed by atoms with Crippen molar-refractivity contribution in [2.24, 2.45) is 11.7 Å². The Morgan fingerprint density at radius 3 is 2.59 bits per heavy atom. The van der Waals surface area contributed by atoms with E-state index in [0.29, 0.717) is 17.0 Å². The molecule has 0 unspecified atom stereocenters. The highest BCUT2D eigenvalue weighted by molar-refractivity contribution is 7.14. The van der Waals surface area contributed by atoms with E-state index < -0.39 is 5.91 Å². The van der Waals surface area contributed by atoms with E-state index in [0.717, 1.165) is 37.7 Å². The van der Waals surface area contributed by atoms with Crippen molar-refractivity contribution in [2.45, 2.75) is 32.1 Å². The summed E-state index contributed by atoms with van der Waals surface area (Å²) in [5.74, 6) is 1.05. The van der Waals surface area contributed by atoms with Crippen LogP contribution in [0, 0.1) is 5.92 Å². The van der Waals surface area contributed by atoms with Crippen LogP contribution in [0.15, 0.2) is 35.7 Å². The summed E-state index contributed by atoms with van der Waals surface area (Å²) in [6.07, 6.45) is 5.07. The molecule has 0 bridgehead atoms. The van der Waals surface area contributed by atoms with E-state index >= 15 is 0 Å². The molecule has 1 aliphatic heterocycles. The van der Waals surface area contributed by atoms with Gasteiger partial charge in [0.25, 0.3) is 5.91 Å². The Hall–Kier alpha value is -2.38. The van der Waals surface area contributed by atoms with Gasteiger partial charge in [-0.25, -0.2) is 0 Å². The predicted molar refractivity (Wildman–Crippen MR) is 117 cm³/mol. The number of nitrogens with one attached hydrogen (secondary N) is 1. The van der Waals surface area contributed by atoms with Gasteiger partial charge in [-0.2, -0.15) is 0 Å². The molecule has 1 aromatic heterocycles. The van der Waals surface area contributed by atoms with Crippen molar-refractivity contribution in [2.75, 3.05) is 32.1 Å². The summed E-state index contributed by atoms with van der Waals surface area (Å²) in [5, 5.41) is 5.11. The van der Waals surface area contributed by atoms with Gasteiger partial charge >= 0.3 is 0 Å². The molecule has 2 amide bonds. The van der Waals surface area contributed by atoms with Gasteiger partial charge in [-0.1, -0.05) is 12.1 Å². The monoisotopic (exact) mass is 415 g/mol. The lowest BCUT2D eigenvalue weighted by atomic mass is 9.90. The number of amides is 2. The summed E-state index contributed by atoms with van der Waals surface area (Å²) in [7, 11) is 1.69. The zero-order chi connectivity index (χ0) is 20.6. The van der Waals surface area contributed by atoms with Crippen LogP contribution in [0.1, 0.15) is 41.6 Å². The van der Waals surface area contributed by atoms with Gasteiger partial charge < -0.3 is 20.7 Å². The number of hydrogen-bond donors (Lipinski definition) is 2. The Bertz CT molecular complexity index is 811. The molecule has 7 heteroatoms. The number of anilines is 1. The molecule has 0 saturated carbocycles. The number of piperidine rings is 1. The maximum absolute atomic E-state index is 12.2. The molecule has 1 aromatic carbocycles. The predicted octanol–water partition coefficient (Wildman–Crippen LogP) is 3.53. The molecule has 1 saturated heterocycles. The number of hydrogen-bond acceptors (Lipinski definition) is 5. The Labute approximate surface area is 176 Å². The van der Waals surface area contributed by atoms with Gasteiger partial charge in [-0.05, 0) is 73.8 Å². The number of benzene rings is 1. The summed E-state index contributed by atoms with van der Waals surface area (Å²) in [4.78, 5) is 25.9. The minimum atomic E-state index is -0.515. The van der Waals surface area contributed by atoms with Crippen LogP contribution in [-0.2, 0) is 11.2 Å². The molecule has 0 aliphatic carbocycles. The number of aryl methyl sites for hydroxylation is 1. The highest BCUT2D eigenvalue weighted by Gasteiger charge is 2.20. The molecular formula is C22H29N3O3S. The van der Waals surface area contributed by atoms with Gasteiger partial charge in [0.2, 0.25) is 5.91 Å². The first-order chi connectivity index (χ1) is 14.0. The minimum Gasteiger partial charge on any atom is -0.497 e. The summed E-state index contributed by atoms with van der Waals surface area (Å²) in [5.41, 5.74) is 7.05. The van der Waals surface area contributed by atoms with Crippen LogP contribution in [0.25, 0.3) is 0 Å². The van der Waals surface area contributed by atoms with E-state index in [4.69, 9.17) is 10.5 Å². The van der Waals surface area contributed by atoms with Gasteiger partial charge in [0.15, 0.2) is 0 Å². The highest BCUT2D eigenvalue weighted by atomic mass is 32.1. The quantitative estimate of drug-likeness (QED) is 0.656. The Kier molecular flexibility index (Phi) is 7.66. The first-order valence-corrected chi connectivity index (χ1v) is 11.0. The van der Waals surface area contributed by atoms with Gasteiger partial charge in [-0.3, -0.25) is 9.59 Å². The van der Waals surface area contributed by atoms with E-state index in [-0.39, 0.29) is 5.91 Å². The number of rotatable bonds is 9. The number of primary amides is 1. The van der Waals surface area contributed by atoms with Crippen LogP contribution in [-0.4, -0.2) is 43.5 Å². The van der Waals surface area contributed by atoms with Crippen LogP contribution in [0.5, 0.6) is 5.75 Å². The Morgan fingerprint density at radius 2 is 1.93 bits per heavy atom. The molecule has 156 valence electrons. The fourth-order valence-electron chi connectivity index (χ4n) is 3.71. The molecule has 2 aromatic rings. The third kappa shape index (κ3) is 6.30. The van der Waals surface area contributed by atoms with Crippen molar-refractivity contribution in [3.05, 3.63) is 46.8 Å². The zero-order valence-corrected chi connectivity index (χ0v) is 17.7. The molecule has 0 atom stereocenters. The normalized spacial score (nSPS) is 15.2.